The number of rotatable bonds is 8. The highest BCUT2D eigenvalue weighted by molar-refractivity contribution is 6.30. The number of halogens is 2. The molecule has 0 heterocycles. The van der Waals surface area contributed by atoms with Crippen molar-refractivity contribution in [2.45, 2.75) is 101 Å². The molecule has 1 nitrogen and oxygen atoms in total. The average Bonchev–Trinajstić information content (AvgIpc) is 2.86. The van der Waals surface area contributed by atoms with E-state index in [9.17, 15) is 0 Å². The summed E-state index contributed by atoms with van der Waals surface area (Å²) in [7, 11) is 0. The Balaban J connectivity index is 2.22. The second kappa shape index (κ2) is 11.9. The molecule has 0 spiro atoms. The summed E-state index contributed by atoms with van der Waals surface area (Å²) in [6, 6.07) is 8.31. The number of nitrogens with zero attached hydrogens (tertiary/aromatic N) is 1. The maximum Gasteiger partial charge on any atom is 0.0811 e. The molecule has 4 unspecified atom stereocenters. The van der Waals surface area contributed by atoms with Crippen molar-refractivity contribution in [3.63, 3.8) is 0 Å². The lowest BCUT2D eigenvalue weighted by Gasteiger charge is -2.51. The molecule has 0 aliphatic heterocycles. The molecule has 1 aromatic rings. The Morgan fingerprint density at radius 2 is 1.58 bits per heavy atom. The van der Waals surface area contributed by atoms with Crippen LogP contribution in [-0.2, 0) is 0 Å². The maximum absolute atomic E-state index is 6.31. The highest BCUT2D eigenvalue weighted by Crippen LogP contribution is 2.56. The van der Waals surface area contributed by atoms with Gasteiger partial charge in [0.1, 0.15) is 0 Å². The van der Waals surface area contributed by atoms with Crippen molar-refractivity contribution in [2.75, 3.05) is 0 Å². The lowest BCUT2D eigenvalue weighted by Crippen LogP contribution is -2.42. The molecule has 0 N–H and O–H groups in total. The first-order valence-corrected chi connectivity index (χ1v) is 15.3. The lowest BCUT2D eigenvalue weighted by molar-refractivity contribution is 0.189. The minimum absolute atomic E-state index is 0.00621. The zero-order valence-electron chi connectivity index (χ0n) is 25.4. The fourth-order valence-electron chi connectivity index (χ4n) is 6.65. The zero-order valence-corrected chi connectivity index (χ0v) is 26.9. The summed E-state index contributed by atoms with van der Waals surface area (Å²) < 4.78 is 0. The molecule has 4 atom stereocenters. The van der Waals surface area contributed by atoms with Crippen molar-refractivity contribution in [1.82, 2.24) is 0 Å². The molecule has 0 aromatic heterocycles. The number of hydrogen-bond acceptors (Lipinski definition) is 1. The van der Waals surface area contributed by atoms with E-state index in [0.717, 1.165) is 35.7 Å². The van der Waals surface area contributed by atoms with Gasteiger partial charge in [0.25, 0.3) is 0 Å². The minimum atomic E-state index is -0.206. The molecule has 0 fully saturated rings. The van der Waals surface area contributed by atoms with Gasteiger partial charge in [0, 0.05) is 32.5 Å². The largest absolute Gasteiger partial charge is 0.284 e. The van der Waals surface area contributed by atoms with Crippen molar-refractivity contribution in [1.29, 1.82) is 0 Å². The van der Waals surface area contributed by atoms with E-state index in [4.69, 9.17) is 28.2 Å². The van der Waals surface area contributed by atoms with Gasteiger partial charge >= 0.3 is 0 Å². The summed E-state index contributed by atoms with van der Waals surface area (Å²) in [5.41, 5.74) is 6.94. The van der Waals surface area contributed by atoms with Gasteiger partial charge in [-0.25, -0.2) is 0 Å². The maximum atomic E-state index is 6.31. The highest BCUT2D eigenvalue weighted by Gasteiger charge is 2.47. The summed E-state index contributed by atoms with van der Waals surface area (Å²) in [6.45, 7) is 23.6. The molecule has 38 heavy (non-hydrogen) atoms. The SMILES string of the molecule is CCC(=NC(c1ccc(Cl)cc1)C(C)C1=CC=C(Cl)CC1)C1(C)C=CC(C)(C(C)(C)C)C(C(C)C)=C1CC. The molecule has 2 aliphatic rings. The highest BCUT2D eigenvalue weighted by atomic mass is 35.5. The molecule has 3 rings (SSSR count). The van der Waals surface area contributed by atoms with Crippen LogP contribution in [0.25, 0.3) is 0 Å². The zero-order chi connectivity index (χ0) is 28.5. The number of hydrogen-bond donors (Lipinski definition) is 0. The molecule has 0 saturated heterocycles. The second-order valence-electron chi connectivity index (χ2n) is 13.0. The van der Waals surface area contributed by atoms with Crippen LogP contribution in [0.2, 0.25) is 5.02 Å². The van der Waals surface area contributed by atoms with Crippen molar-refractivity contribution < 1.29 is 0 Å². The third kappa shape index (κ3) is 5.95. The van der Waals surface area contributed by atoms with Gasteiger partial charge in [-0.2, -0.15) is 0 Å². The van der Waals surface area contributed by atoms with Crippen LogP contribution in [0.1, 0.15) is 107 Å². The molecule has 1 aromatic carbocycles. The second-order valence-corrected chi connectivity index (χ2v) is 13.9. The van der Waals surface area contributed by atoms with Crippen molar-refractivity contribution in [2.24, 2.45) is 33.1 Å². The Bertz CT molecular complexity index is 1160. The summed E-state index contributed by atoms with van der Waals surface area (Å²) >= 11 is 12.6. The molecule has 0 amide bonds. The molecule has 208 valence electrons. The number of aliphatic imine (C=N–C) groups is 1. The Morgan fingerprint density at radius 3 is 2.05 bits per heavy atom. The molecule has 2 aliphatic carbocycles. The van der Waals surface area contributed by atoms with Gasteiger partial charge < -0.3 is 0 Å². The van der Waals surface area contributed by atoms with E-state index in [0.29, 0.717) is 5.92 Å². The van der Waals surface area contributed by atoms with Gasteiger partial charge in [-0.15, -0.1) is 0 Å². The van der Waals surface area contributed by atoms with E-state index in [2.05, 4.69) is 106 Å². The third-order valence-electron chi connectivity index (χ3n) is 9.38. The van der Waals surface area contributed by atoms with E-state index >= 15 is 0 Å². The lowest BCUT2D eigenvalue weighted by atomic mass is 9.54. The first-order chi connectivity index (χ1) is 17.7. The number of benzene rings is 1. The van der Waals surface area contributed by atoms with E-state index in [1.807, 2.05) is 12.1 Å². The molecule has 0 saturated carbocycles. The van der Waals surface area contributed by atoms with Crippen molar-refractivity contribution in [3.8, 4) is 0 Å². The Hall–Kier alpha value is -1.57. The van der Waals surface area contributed by atoms with Crippen LogP contribution < -0.4 is 0 Å². The van der Waals surface area contributed by atoms with E-state index < -0.39 is 0 Å². The predicted molar refractivity (Wildman–Crippen MR) is 169 cm³/mol. The van der Waals surface area contributed by atoms with Crippen LogP contribution in [0.3, 0.4) is 0 Å². The van der Waals surface area contributed by atoms with Crippen molar-refractivity contribution in [3.05, 3.63) is 80.9 Å². The normalized spacial score (nSPS) is 26.4. The molecular weight excluding hydrogens is 505 g/mol. The summed E-state index contributed by atoms with van der Waals surface area (Å²) in [4.78, 5) is 5.68. The van der Waals surface area contributed by atoms with Gasteiger partial charge in [0.05, 0.1) is 6.04 Å². The first kappa shape index (κ1) is 31.0. The van der Waals surface area contributed by atoms with Crippen LogP contribution in [0, 0.1) is 28.1 Å². The molecule has 0 bridgehead atoms. The van der Waals surface area contributed by atoms with Crippen LogP contribution in [0.5, 0.6) is 0 Å². The van der Waals surface area contributed by atoms with Gasteiger partial charge in [-0.3, -0.25) is 4.99 Å². The Morgan fingerprint density at radius 1 is 0.947 bits per heavy atom. The fraction of sp³-hybridized carbons (Fsp3) is 0.571. The standard InChI is InChI=1S/C35H49Cl2N/c1-11-29-31(23(3)4)35(10,33(6,7)8)22-21-34(29,9)30(12-2)38-32(26-15-19-28(37)20-16-26)24(5)25-13-17-27(36)18-14-25/h13,15-17,19-24,32H,11-12,14,18H2,1-10H3. The van der Waals surface area contributed by atoms with E-state index in [1.165, 1.54) is 16.8 Å². The predicted octanol–water partition coefficient (Wildman–Crippen LogP) is 11.7. The summed E-state index contributed by atoms with van der Waals surface area (Å²) in [5.74, 6) is 0.722. The van der Waals surface area contributed by atoms with E-state index in [-0.39, 0.29) is 28.2 Å². The minimum Gasteiger partial charge on any atom is -0.284 e. The molecule has 0 radical (unpaired) electrons. The smallest absolute Gasteiger partial charge is 0.0811 e. The van der Waals surface area contributed by atoms with Gasteiger partial charge in [-0.05, 0) is 67.7 Å². The van der Waals surface area contributed by atoms with Gasteiger partial charge in [0.15, 0.2) is 0 Å². The average molecular weight is 555 g/mol. The van der Waals surface area contributed by atoms with Gasteiger partial charge in [-0.1, -0.05) is 133 Å². The monoisotopic (exact) mass is 553 g/mol. The Labute approximate surface area is 243 Å². The van der Waals surface area contributed by atoms with Crippen LogP contribution in [0.15, 0.2) is 75.3 Å². The van der Waals surface area contributed by atoms with Crippen molar-refractivity contribution >= 4 is 28.9 Å². The third-order valence-corrected chi connectivity index (χ3v) is 9.95. The fourth-order valence-corrected chi connectivity index (χ4v) is 6.94. The van der Waals surface area contributed by atoms with Crippen LogP contribution in [0.4, 0.5) is 0 Å². The first-order valence-electron chi connectivity index (χ1n) is 14.5. The summed E-state index contributed by atoms with van der Waals surface area (Å²) in [5, 5.41) is 1.69. The Kier molecular flexibility index (Phi) is 9.69. The van der Waals surface area contributed by atoms with Crippen LogP contribution >= 0.6 is 23.2 Å². The topological polar surface area (TPSA) is 12.4 Å². The number of allylic oxidation sites excluding steroid dienone is 7. The summed E-state index contributed by atoms with van der Waals surface area (Å²) in [6.07, 6.45) is 13.1. The quantitative estimate of drug-likeness (QED) is 0.224. The van der Waals surface area contributed by atoms with E-state index in [1.54, 1.807) is 11.1 Å². The van der Waals surface area contributed by atoms with Crippen LogP contribution in [-0.4, -0.2) is 5.71 Å². The van der Waals surface area contributed by atoms with Gasteiger partial charge in [0.2, 0.25) is 0 Å². The molecule has 3 heteroatoms. The molecular formula is C35H49Cl2N.